The number of aromatic amines is 1. The summed E-state index contributed by atoms with van der Waals surface area (Å²) in [4.78, 5) is 8.50. The molecule has 5 heteroatoms. The Balaban J connectivity index is 1.80. The van der Waals surface area contributed by atoms with Crippen molar-refractivity contribution in [2.45, 2.75) is 25.2 Å². The second-order valence-electron chi connectivity index (χ2n) is 5.31. The molecule has 0 atom stereocenters. The van der Waals surface area contributed by atoms with E-state index in [4.69, 9.17) is 5.73 Å². The number of rotatable bonds is 2. The smallest absolute Gasteiger partial charge is 0.222 e. The van der Waals surface area contributed by atoms with Crippen molar-refractivity contribution in [3.05, 3.63) is 36.0 Å². The molecule has 0 bridgehead atoms. The van der Waals surface area contributed by atoms with Gasteiger partial charge in [0.1, 0.15) is 0 Å². The lowest BCUT2D eigenvalue weighted by Gasteiger charge is -2.25. The highest BCUT2D eigenvalue weighted by Gasteiger charge is 2.19. The zero-order valence-corrected chi connectivity index (χ0v) is 11.0. The molecule has 0 radical (unpaired) electrons. The fraction of sp³-hybridized carbons (Fsp3) is 0.267. The molecular formula is C15H15N5. The monoisotopic (exact) mass is 265 g/mol. The minimum atomic E-state index is 0.264. The normalized spacial score (nSPS) is 15.4. The Morgan fingerprint density at radius 1 is 1.10 bits per heavy atom. The van der Waals surface area contributed by atoms with Gasteiger partial charge >= 0.3 is 0 Å². The van der Waals surface area contributed by atoms with Gasteiger partial charge in [0.05, 0.1) is 17.3 Å². The van der Waals surface area contributed by atoms with E-state index in [-0.39, 0.29) is 5.95 Å². The molecule has 2 aromatic heterocycles. The van der Waals surface area contributed by atoms with Crippen LogP contribution in [-0.2, 0) is 0 Å². The lowest BCUT2D eigenvalue weighted by molar-refractivity contribution is 0.420. The first-order valence-corrected chi connectivity index (χ1v) is 6.88. The van der Waals surface area contributed by atoms with Gasteiger partial charge in [-0.2, -0.15) is 10.1 Å². The summed E-state index contributed by atoms with van der Waals surface area (Å²) in [5.74, 6) is 1.01. The summed E-state index contributed by atoms with van der Waals surface area (Å²) in [6, 6.07) is 8.62. The van der Waals surface area contributed by atoms with Gasteiger partial charge in [-0.15, -0.1) is 0 Å². The van der Waals surface area contributed by atoms with Gasteiger partial charge in [-0.1, -0.05) is 30.7 Å². The van der Waals surface area contributed by atoms with Crippen molar-refractivity contribution in [1.82, 2.24) is 20.2 Å². The molecular weight excluding hydrogens is 250 g/mol. The molecule has 0 amide bonds. The van der Waals surface area contributed by atoms with Crippen LogP contribution in [0.3, 0.4) is 0 Å². The first-order valence-electron chi connectivity index (χ1n) is 6.88. The van der Waals surface area contributed by atoms with Crippen molar-refractivity contribution in [3.8, 4) is 11.3 Å². The Bertz CT molecular complexity index is 756. The Morgan fingerprint density at radius 3 is 2.60 bits per heavy atom. The van der Waals surface area contributed by atoms with E-state index in [0.29, 0.717) is 5.65 Å². The van der Waals surface area contributed by atoms with Crippen molar-refractivity contribution in [3.63, 3.8) is 0 Å². The maximum Gasteiger partial charge on any atom is 0.222 e. The summed E-state index contributed by atoms with van der Waals surface area (Å²) < 4.78 is 0. The average molecular weight is 265 g/mol. The van der Waals surface area contributed by atoms with Crippen molar-refractivity contribution >= 4 is 17.0 Å². The molecule has 3 aromatic rings. The number of hydrogen-bond acceptors (Lipinski definition) is 4. The quantitative estimate of drug-likeness (QED) is 0.746. The van der Waals surface area contributed by atoms with Crippen molar-refractivity contribution < 1.29 is 0 Å². The minimum Gasteiger partial charge on any atom is -0.368 e. The van der Waals surface area contributed by atoms with Gasteiger partial charge in [0.25, 0.3) is 0 Å². The summed E-state index contributed by atoms with van der Waals surface area (Å²) >= 11 is 0. The van der Waals surface area contributed by atoms with Crippen LogP contribution in [0.5, 0.6) is 0 Å². The van der Waals surface area contributed by atoms with E-state index >= 15 is 0 Å². The molecule has 1 aliphatic carbocycles. The lowest BCUT2D eigenvalue weighted by atomic mass is 9.80. The zero-order valence-electron chi connectivity index (χ0n) is 11.0. The number of nitrogens with two attached hydrogens (primary N) is 1. The van der Waals surface area contributed by atoms with Crippen LogP contribution >= 0.6 is 0 Å². The second kappa shape index (κ2) is 4.30. The number of nitrogens with one attached hydrogen (secondary N) is 1. The number of nitrogen functional groups attached to an aromatic ring is 1. The molecule has 0 saturated heterocycles. The molecule has 4 rings (SSSR count). The zero-order chi connectivity index (χ0) is 13.5. The third kappa shape index (κ3) is 1.74. The molecule has 0 unspecified atom stereocenters. The van der Waals surface area contributed by atoms with Gasteiger partial charge in [0.15, 0.2) is 5.65 Å². The second-order valence-corrected chi connectivity index (χ2v) is 5.31. The molecule has 1 aromatic carbocycles. The van der Waals surface area contributed by atoms with Crippen LogP contribution in [0.15, 0.2) is 30.5 Å². The lowest BCUT2D eigenvalue weighted by Crippen LogP contribution is -2.08. The number of hydrogen-bond donors (Lipinski definition) is 2. The van der Waals surface area contributed by atoms with Crippen LogP contribution in [0.1, 0.15) is 30.7 Å². The fourth-order valence-electron chi connectivity index (χ4n) is 2.73. The highest BCUT2D eigenvalue weighted by atomic mass is 15.2. The van der Waals surface area contributed by atoms with E-state index in [1.165, 1.54) is 24.8 Å². The van der Waals surface area contributed by atoms with E-state index in [2.05, 4.69) is 44.4 Å². The molecule has 0 aliphatic heterocycles. The average Bonchev–Trinajstić information content (AvgIpc) is 2.84. The summed E-state index contributed by atoms with van der Waals surface area (Å²) in [5, 5.41) is 7.75. The Hall–Kier alpha value is -2.43. The maximum atomic E-state index is 5.76. The molecule has 0 spiro atoms. The van der Waals surface area contributed by atoms with E-state index in [0.717, 1.165) is 22.6 Å². The van der Waals surface area contributed by atoms with Gasteiger partial charge in [0, 0.05) is 5.56 Å². The van der Waals surface area contributed by atoms with Crippen molar-refractivity contribution in [1.29, 1.82) is 0 Å². The molecule has 3 N–H and O–H groups in total. The van der Waals surface area contributed by atoms with Crippen LogP contribution < -0.4 is 5.73 Å². The summed E-state index contributed by atoms with van der Waals surface area (Å²) in [7, 11) is 0. The number of nitrogens with zero attached hydrogens (tertiary/aromatic N) is 3. The number of benzene rings is 1. The summed E-state index contributed by atoms with van der Waals surface area (Å²) in [6.07, 6.45) is 5.71. The standard InChI is InChI=1S/C15H15N5/c16-15-18-13(12-8-17-20-14(12)19-15)11-6-4-10(5-7-11)9-2-1-3-9/h4-9H,1-3H2,(H3,16,17,18,19,20). The molecule has 100 valence electrons. The van der Waals surface area contributed by atoms with Crippen LogP contribution in [-0.4, -0.2) is 20.2 Å². The van der Waals surface area contributed by atoms with E-state index < -0.39 is 0 Å². The van der Waals surface area contributed by atoms with Crippen LogP contribution in [0.25, 0.3) is 22.3 Å². The maximum absolute atomic E-state index is 5.76. The largest absolute Gasteiger partial charge is 0.368 e. The van der Waals surface area contributed by atoms with Crippen LogP contribution in [0.2, 0.25) is 0 Å². The molecule has 20 heavy (non-hydrogen) atoms. The minimum absolute atomic E-state index is 0.264. The van der Waals surface area contributed by atoms with Crippen LogP contribution in [0.4, 0.5) is 5.95 Å². The van der Waals surface area contributed by atoms with Gasteiger partial charge in [-0.05, 0) is 24.3 Å². The third-order valence-corrected chi connectivity index (χ3v) is 4.09. The van der Waals surface area contributed by atoms with E-state index in [1.807, 2.05) is 0 Å². The Kier molecular flexibility index (Phi) is 2.45. The molecule has 1 fully saturated rings. The summed E-state index contributed by atoms with van der Waals surface area (Å²) in [6.45, 7) is 0. The Morgan fingerprint density at radius 2 is 1.90 bits per heavy atom. The molecule has 1 saturated carbocycles. The van der Waals surface area contributed by atoms with E-state index in [9.17, 15) is 0 Å². The highest BCUT2D eigenvalue weighted by Crippen LogP contribution is 2.37. The summed E-state index contributed by atoms with van der Waals surface area (Å²) in [5.41, 5.74) is 9.74. The fourth-order valence-corrected chi connectivity index (χ4v) is 2.73. The Labute approximate surface area is 116 Å². The van der Waals surface area contributed by atoms with Crippen molar-refractivity contribution in [2.24, 2.45) is 0 Å². The van der Waals surface area contributed by atoms with Gasteiger partial charge in [0.2, 0.25) is 5.95 Å². The topological polar surface area (TPSA) is 80.5 Å². The van der Waals surface area contributed by atoms with Crippen LogP contribution in [0, 0.1) is 0 Å². The predicted octanol–water partition coefficient (Wildman–Crippen LogP) is 2.87. The highest BCUT2D eigenvalue weighted by molar-refractivity contribution is 5.90. The number of fused-ring (bicyclic) bond motifs is 1. The third-order valence-electron chi connectivity index (χ3n) is 4.09. The van der Waals surface area contributed by atoms with Gasteiger partial charge < -0.3 is 5.73 Å². The number of H-pyrrole nitrogens is 1. The van der Waals surface area contributed by atoms with Crippen molar-refractivity contribution in [2.75, 3.05) is 5.73 Å². The van der Waals surface area contributed by atoms with Gasteiger partial charge in [-0.3, -0.25) is 5.10 Å². The number of anilines is 1. The molecule has 5 nitrogen and oxygen atoms in total. The van der Waals surface area contributed by atoms with Gasteiger partial charge in [-0.25, -0.2) is 4.98 Å². The molecule has 2 heterocycles. The predicted molar refractivity (Wildman–Crippen MR) is 78.1 cm³/mol. The molecule has 1 aliphatic rings. The number of aromatic nitrogens is 4. The first kappa shape index (κ1) is 11.4. The SMILES string of the molecule is Nc1nc(-c2ccc(C3CCC3)cc2)c2cn[nH]c2n1. The first-order chi connectivity index (χ1) is 9.81. The van der Waals surface area contributed by atoms with E-state index in [1.54, 1.807) is 6.20 Å².